The Labute approximate surface area is 123 Å². The third kappa shape index (κ3) is 3.44. The smallest absolute Gasteiger partial charge is 0.120 e. The van der Waals surface area contributed by atoms with Crippen molar-refractivity contribution < 1.29 is 4.42 Å². The van der Waals surface area contributed by atoms with E-state index in [0.29, 0.717) is 5.41 Å². The van der Waals surface area contributed by atoms with E-state index in [1.54, 1.807) is 0 Å². The first-order chi connectivity index (χ1) is 9.62. The summed E-state index contributed by atoms with van der Waals surface area (Å²) in [5.74, 6) is 2.22. The fourth-order valence-corrected chi connectivity index (χ4v) is 3.29. The molecule has 2 heterocycles. The minimum absolute atomic E-state index is 0.550. The van der Waals surface area contributed by atoms with Crippen LogP contribution < -0.4 is 5.32 Å². The first-order valence-electron chi connectivity index (χ1n) is 8.13. The molecule has 3 nitrogen and oxygen atoms in total. The topological polar surface area (TPSA) is 28.4 Å². The normalized spacial score (nSPS) is 18.8. The van der Waals surface area contributed by atoms with Gasteiger partial charge in [0.05, 0.1) is 13.1 Å². The van der Waals surface area contributed by atoms with Crippen molar-refractivity contribution in [3.8, 4) is 0 Å². The zero-order valence-electron chi connectivity index (χ0n) is 13.6. The van der Waals surface area contributed by atoms with Gasteiger partial charge >= 0.3 is 0 Å². The molecule has 0 bridgehead atoms. The summed E-state index contributed by atoms with van der Waals surface area (Å²) in [6, 6.07) is 2.21. The molecule has 3 heteroatoms. The molecule has 1 saturated heterocycles. The second-order valence-corrected chi connectivity index (χ2v) is 6.27. The molecular weight excluding hydrogens is 248 g/mol. The van der Waals surface area contributed by atoms with Gasteiger partial charge in [-0.05, 0) is 56.3 Å². The lowest BCUT2D eigenvalue weighted by Crippen LogP contribution is -2.25. The maximum atomic E-state index is 6.01. The second-order valence-electron chi connectivity index (χ2n) is 6.27. The average molecular weight is 278 g/mol. The second kappa shape index (κ2) is 6.77. The van der Waals surface area contributed by atoms with Gasteiger partial charge in [-0.2, -0.15) is 0 Å². The van der Waals surface area contributed by atoms with Crippen LogP contribution in [0.3, 0.4) is 0 Å². The molecule has 1 aliphatic heterocycles. The third-order valence-corrected chi connectivity index (χ3v) is 5.00. The molecule has 0 spiro atoms. The van der Waals surface area contributed by atoms with Crippen LogP contribution in [-0.2, 0) is 13.1 Å². The Morgan fingerprint density at radius 1 is 1.30 bits per heavy atom. The summed E-state index contributed by atoms with van der Waals surface area (Å²) in [7, 11) is 0. The van der Waals surface area contributed by atoms with Crippen molar-refractivity contribution >= 4 is 0 Å². The monoisotopic (exact) mass is 278 g/mol. The van der Waals surface area contributed by atoms with Gasteiger partial charge in [-0.25, -0.2) is 0 Å². The van der Waals surface area contributed by atoms with E-state index in [4.69, 9.17) is 4.42 Å². The molecule has 0 aliphatic carbocycles. The number of likely N-dealkylation sites (tertiary alicyclic amines) is 1. The van der Waals surface area contributed by atoms with Gasteiger partial charge in [0.15, 0.2) is 0 Å². The lowest BCUT2D eigenvalue weighted by atomic mass is 9.82. The quantitative estimate of drug-likeness (QED) is 0.824. The SMILES string of the molecule is CCNCc1oc(CN2CCC(CC)(CC)C2)cc1C. The summed E-state index contributed by atoms with van der Waals surface area (Å²) < 4.78 is 6.01. The van der Waals surface area contributed by atoms with E-state index in [1.807, 2.05) is 0 Å². The van der Waals surface area contributed by atoms with Crippen LogP contribution in [0.25, 0.3) is 0 Å². The summed E-state index contributed by atoms with van der Waals surface area (Å²) in [6.07, 6.45) is 3.93. The Balaban J connectivity index is 1.94. The molecule has 1 aromatic heterocycles. The van der Waals surface area contributed by atoms with Gasteiger partial charge in [-0.1, -0.05) is 20.8 Å². The molecule has 0 saturated carbocycles. The highest BCUT2D eigenvalue weighted by molar-refractivity contribution is 5.20. The summed E-state index contributed by atoms with van der Waals surface area (Å²) in [4.78, 5) is 2.56. The van der Waals surface area contributed by atoms with Gasteiger partial charge in [0.25, 0.3) is 0 Å². The predicted octanol–water partition coefficient (Wildman–Crippen LogP) is 3.71. The van der Waals surface area contributed by atoms with Gasteiger partial charge in [-0.15, -0.1) is 0 Å². The molecule has 1 N–H and O–H groups in total. The van der Waals surface area contributed by atoms with E-state index in [-0.39, 0.29) is 0 Å². The predicted molar refractivity (Wildman–Crippen MR) is 83.7 cm³/mol. The fraction of sp³-hybridized carbons (Fsp3) is 0.765. The van der Waals surface area contributed by atoms with E-state index >= 15 is 0 Å². The highest BCUT2D eigenvalue weighted by atomic mass is 16.3. The molecule has 0 unspecified atom stereocenters. The number of nitrogens with one attached hydrogen (secondary N) is 1. The average Bonchev–Trinajstić information content (AvgIpc) is 3.01. The van der Waals surface area contributed by atoms with E-state index in [1.165, 1.54) is 37.9 Å². The Kier molecular flexibility index (Phi) is 5.28. The first kappa shape index (κ1) is 15.6. The molecule has 1 aliphatic rings. The number of aryl methyl sites for hydroxylation is 1. The van der Waals surface area contributed by atoms with Crippen LogP contribution in [0.4, 0.5) is 0 Å². The minimum atomic E-state index is 0.550. The van der Waals surface area contributed by atoms with E-state index in [2.05, 4.69) is 44.0 Å². The highest BCUT2D eigenvalue weighted by Crippen LogP contribution is 2.37. The molecule has 20 heavy (non-hydrogen) atoms. The summed E-state index contributed by atoms with van der Waals surface area (Å²) >= 11 is 0. The van der Waals surface area contributed by atoms with E-state index in [0.717, 1.165) is 31.2 Å². The van der Waals surface area contributed by atoms with Crippen LogP contribution in [0, 0.1) is 12.3 Å². The zero-order chi connectivity index (χ0) is 14.6. The van der Waals surface area contributed by atoms with Crippen molar-refractivity contribution in [1.82, 2.24) is 10.2 Å². The maximum absolute atomic E-state index is 6.01. The van der Waals surface area contributed by atoms with Crippen LogP contribution in [0.1, 0.15) is 57.1 Å². The van der Waals surface area contributed by atoms with Crippen molar-refractivity contribution in [2.24, 2.45) is 5.41 Å². The standard InChI is InChI=1S/C17H30N2O/c1-5-17(6-2)8-9-19(13-17)12-15-10-14(4)16(20-15)11-18-7-3/h10,18H,5-9,11-13H2,1-4H3. The number of hydrogen-bond acceptors (Lipinski definition) is 3. The fourth-order valence-electron chi connectivity index (χ4n) is 3.29. The van der Waals surface area contributed by atoms with Crippen molar-refractivity contribution in [2.45, 2.75) is 60.0 Å². The number of nitrogens with zero attached hydrogens (tertiary/aromatic N) is 1. The van der Waals surface area contributed by atoms with Crippen molar-refractivity contribution in [3.05, 3.63) is 23.2 Å². The van der Waals surface area contributed by atoms with Gasteiger partial charge in [-0.3, -0.25) is 4.90 Å². The van der Waals surface area contributed by atoms with Crippen LogP contribution in [0.15, 0.2) is 10.5 Å². The first-order valence-corrected chi connectivity index (χ1v) is 8.13. The molecule has 0 radical (unpaired) electrons. The summed E-state index contributed by atoms with van der Waals surface area (Å²) in [5, 5.41) is 3.34. The van der Waals surface area contributed by atoms with Gasteiger partial charge in [0.1, 0.15) is 11.5 Å². The molecule has 1 fully saturated rings. The Morgan fingerprint density at radius 3 is 2.65 bits per heavy atom. The number of furan rings is 1. The maximum Gasteiger partial charge on any atom is 0.120 e. The van der Waals surface area contributed by atoms with E-state index in [9.17, 15) is 0 Å². The largest absolute Gasteiger partial charge is 0.463 e. The molecule has 0 atom stereocenters. The number of rotatable bonds is 7. The Hall–Kier alpha value is -0.800. The summed E-state index contributed by atoms with van der Waals surface area (Å²) in [5.41, 5.74) is 1.83. The molecular formula is C17H30N2O. The summed E-state index contributed by atoms with van der Waals surface area (Å²) in [6.45, 7) is 14.2. The van der Waals surface area contributed by atoms with Crippen molar-refractivity contribution in [3.63, 3.8) is 0 Å². The molecule has 2 rings (SSSR count). The van der Waals surface area contributed by atoms with Crippen LogP contribution in [-0.4, -0.2) is 24.5 Å². The van der Waals surface area contributed by atoms with Crippen LogP contribution >= 0.6 is 0 Å². The van der Waals surface area contributed by atoms with Crippen LogP contribution in [0.2, 0.25) is 0 Å². The highest BCUT2D eigenvalue weighted by Gasteiger charge is 2.35. The zero-order valence-corrected chi connectivity index (χ0v) is 13.6. The van der Waals surface area contributed by atoms with Crippen LogP contribution in [0.5, 0.6) is 0 Å². The minimum Gasteiger partial charge on any atom is -0.463 e. The lowest BCUT2D eigenvalue weighted by molar-refractivity contribution is 0.224. The number of hydrogen-bond donors (Lipinski definition) is 1. The molecule has 1 aromatic rings. The van der Waals surface area contributed by atoms with Gasteiger partial charge in [0, 0.05) is 6.54 Å². The third-order valence-electron chi connectivity index (χ3n) is 5.00. The van der Waals surface area contributed by atoms with Gasteiger partial charge in [0.2, 0.25) is 0 Å². The van der Waals surface area contributed by atoms with Crippen molar-refractivity contribution in [1.29, 1.82) is 0 Å². The Morgan fingerprint density at radius 2 is 2.05 bits per heavy atom. The lowest BCUT2D eigenvalue weighted by Gasteiger charge is -2.26. The van der Waals surface area contributed by atoms with Crippen molar-refractivity contribution in [2.75, 3.05) is 19.6 Å². The van der Waals surface area contributed by atoms with E-state index < -0.39 is 0 Å². The van der Waals surface area contributed by atoms with Gasteiger partial charge < -0.3 is 9.73 Å². The molecule has 0 aromatic carbocycles. The Bertz CT molecular complexity index is 421. The molecule has 114 valence electrons. The molecule has 0 amide bonds.